The Balaban J connectivity index is 2.54. The summed E-state index contributed by atoms with van der Waals surface area (Å²) in [5.74, 6) is 0. The van der Waals surface area contributed by atoms with Crippen LogP contribution in [-0.2, 0) is 0 Å². The molecule has 0 aliphatic carbocycles. The molecule has 0 bridgehead atoms. The summed E-state index contributed by atoms with van der Waals surface area (Å²) in [4.78, 5) is 0. The van der Waals surface area contributed by atoms with Gasteiger partial charge in [-0.25, -0.2) is 0 Å². The zero-order chi connectivity index (χ0) is 4.28. The second-order valence-corrected chi connectivity index (χ2v) is 0.825. The van der Waals surface area contributed by atoms with Crippen LogP contribution in [0.15, 0.2) is 0 Å². The molecule has 5 heavy (non-hydrogen) atoms. The molecule has 0 rings (SSSR count). The van der Waals surface area contributed by atoms with Gasteiger partial charge >= 0.3 is 0 Å². The topological polar surface area (TPSA) is 52.0 Å². The minimum Gasteiger partial charge on any atom is -0.311 e. The molecule has 0 aromatic carbocycles. The average molecular weight is 72.1 g/mol. The van der Waals surface area contributed by atoms with Crippen LogP contribution < -0.4 is 11.5 Å². The molecule has 0 unspecified atom stereocenters. The highest BCUT2D eigenvalue weighted by atomic mass is 14.8. The first-order valence-electron chi connectivity index (χ1n) is 1.43. The highest BCUT2D eigenvalue weighted by Gasteiger charge is 1.81. The van der Waals surface area contributed by atoms with E-state index in [9.17, 15) is 0 Å². The van der Waals surface area contributed by atoms with E-state index in [1.54, 1.807) is 0 Å². The lowest BCUT2D eigenvalue weighted by Crippen LogP contribution is -2.18. The van der Waals surface area contributed by atoms with Crippen LogP contribution in [0.1, 0.15) is 6.42 Å². The molecule has 2 nitrogen and oxygen atoms in total. The Morgan fingerprint density at radius 1 is 1.60 bits per heavy atom. The van der Waals surface area contributed by atoms with Crippen LogP contribution in [0.5, 0.6) is 0 Å². The second-order valence-electron chi connectivity index (χ2n) is 0.825. The molecule has 0 aliphatic rings. The third-order valence-electron chi connectivity index (χ3n) is 0.289. The van der Waals surface area contributed by atoms with E-state index < -0.39 is 0 Å². The smallest absolute Gasteiger partial charge is 0.0955 e. The van der Waals surface area contributed by atoms with Gasteiger partial charge in [0.05, 0.1) is 6.17 Å². The molecular weight excluding hydrogens is 64.0 g/mol. The van der Waals surface area contributed by atoms with E-state index in [-0.39, 0.29) is 0 Å². The van der Waals surface area contributed by atoms with Crippen molar-refractivity contribution in [1.29, 1.82) is 0 Å². The Morgan fingerprint density at radius 3 is 1.80 bits per heavy atom. The summed E-state index contributed by atoms with van der Waals surface area (Å²) < 4.78 is 0. The van der Waals surface area contributed by atoms with Gasteiger partial charge in [0.1, 0.15) is 0 Å². The number of hydrogen-bond acceptors (Lipinski definition) is 2. The lowest BCUT2D eigenvalue weighted by Gasteiger charge is -1.90. The van der Waals surface area contributed by atoms with Crippen molar-refractivity contribution in [3.63, 3.8) is 0 Å². The molecule has 0 fully saturated rings. The minimum absolute atomic E-state index is 0.394. The van der Waals surface area contributed by atoms with Crippen molar-refractivity contribution in [2.75, 3.05) is 0 Å². The van der Waals surface area contributed by atoms with E-state index >= 15 is 0 Å². The van der Waals surface area contributed by atoms with Gasteiger partial charge in [0.15, 0.2) is 0 Å². The lowest BCUT2D eigenvalue weighted by molar-refractivity contribution is 0.909. The summed E-state index contributed by atoms with van der Waals surface area (Å²) in [6, 6.07) is 0. The Labute approximate surface area is 32.1 Å². The highest BCUT2D eigenvalue weighted by Crippen LogP contribution is 1.77. The fraction of sp³-hybridized carbons (Fsp3) is 0.333. The summed E-state index contributed by atoms with van der Waals surface area (Å²) in [7, 11) is 0. The van der Waals surface area contributed by atoms with Crippen LogP contribution in [0.3, 0.4) is 0 Å². The fourth-order valence-electron chi connectivity index (χ4n) is 0. The van der Waals surface area contributed by atoms with Crippen molar-refractivity contribution >= 4 is 0 Å². The van der Waals surface area contributed by atoms with Crippen molar-refractivity contribution in [1.82, 2.24) is 0 Å². The first kappa shape index (κ1) is 4.92. The van der Waals surface area contributed by atoms with Crippen LogP contribution in [0.4, 0.5) is 0 Å². The van der Waals surface area contributed by atoms with Crippen molar-refractivity contribution in [2.24, 2.45) is 11.5 Å². The van der Waals surface area contributed by atoms with Crippen LogP contribution in [0.2, 0.25) is 0 Å². The molecule has 0 aliphatic heterocycles. The standard InChI is InChI=1S/C3H8N2/c1-2-3(4)5/h1-2,4-5H2. The van der Waals surface area contributed by atoms with E-state index in [1.807, 2.05) is 0 Å². The van der Waals surface area contributed by atoms with Crippen molar-refractivity contribution < 1.29 is 0 Å². The first-order chi connectivity index (χ1) is 2.27. The van der Waals surface area contributed by atoms with Gasteiger partial charge in [-0.2, -0.15) is 0 Å². The molecule has 2 radical (unpaired) electrons. The molecule has 0 heterocycles. The normalized spacial score (nSPS) is 9.60. The summed E-state index contributed by atoms with van der Waals surface area (Å²) in [6.07, 6.45) is 0.921. The molecule has 30 valence electrons. The lowest BCUT2D eigenvalue weighted by atomic mass is 10.4. The molecule has 0 amide bonds. The molecule has 2 heteroatoms. The highest BCUT2D eigenvalue weighted by molar-refractivity contribution is 4.71. The quantitative estimate of drug-likeness (QED) is 0.443. The monoisotopic (exact) mass is 72.1 g/mol. The van der Waals surface area contributed by atoms with E-state index in [1.165, 1.54) is 0 Å². The van der Waals surface area contributed by atoms with Crippen molar-refractivity contribution in [2.45, 2.75) is 6.42 Å². The molecule has 0 aromatic rings. The molecule has 0 aromatic heterocycles. The van der Waals surface area contributed by atoms with Gasteiger partial charge in [0.25, 0.3) is 0 Å². The minimum atomic E-state index is 0.394. The third-order valence-corrected chi connectivity index (χ3v) is 0.289. The summed E-state index contributed by atoms with van der Waals surface area (Å²) in [5.41, 5.74) is 9.85. The SMILES string of the molecule is [CH2]C[C](N)N. The first-order valence-corrected chi connectivity index (χ1v) is 1.43. The molecular formula is C3H8N2. The Kier molecular flexibility index (Phi) is 2.14. The van der Waals surface area contributed by atoms with E-state index in [0.29, 0.717) is 12.6 Å². The van der Waals surface area contributed by atoms with Gasteiger partial charge in [0.2, 0.25) is 0 Å². The fourth-order valence-corrected chi connectivity index (χ4v) is 0. The zero-order valence-electron chi connectivity index (χ0n) is 3.07. The molecule has 0 saturated carbocycles. The van der Waals surface area contributed by atoms with Gasteiger partial charge in [-0.3, -0.25) is 0 Å². The van der Waals surface area contributed by atoms with Crippen LogP contribution in [0, 0.1) is 13.1 Å². The Bertz CT molecular complexity index is 18.9. The summed E-state index contributed by atoms with van der Waals surface area (Å²) in [6.45, 7) is 3.40. The maximum Gasteiger partial charge on any atom is 0.0955 e. The predicted molar refractivity (Wildman–Crippen MR) is 21.6 cm³/mol. The van der Waals surface area contributed by atoms with Gasteiger partial charge < -0.3 is 11.5 Å². The van der Waals surface area contributed by atoms with E-state index in [2.05, 4.69) is 6.92 Å². The van der Waals surface area contributed by atoms with Crippen LogP contribution in [0.25, 0.3) is 0 Å². The second kappa shape index (κ2) is 2.18. The van der Waals surface area contributed by atoms with Gasteiger partial charge in [-0.1, -0.05) is 6.92 Å². The van der Waals surface area contributed by atoms with Gasteiger partial charge in [-0.05, 0) is 6.42 Å². The molecule has 0 saturated heterocycles. The largest absolute Gasteiger partial charge is 0.311 e. The molecule has 4 N–H and O–H groups in total. The van der Waals surface area contributed by atoms with Gasteiger partial charge in [-0.15, -0.1) is 0 Å². The molecule has 0 atom stereocenters. The Morgan fingerprint density at radius 2 is 1.80 bits per heavy atom. The summed E-state index contributed by atoms with van der Waals surface area (Å²) >= 11 is 0. The summed E-state index contributed by atoms with van der Waals surface area (Å²) in [5, 5.41) is 0. The number of hydrogen-bond donors (Lipinski definition) is 2. The molecule has 0 spiro atoms. The Hall–Kier alpha value is -0.0800. The van der Waals surface area contributed by atoms with E-state index in [0.717, 1.165) is 0 Å². The van der Waals surface area contributed by atoms with Crippen LogP contribution in [-0.4, -0.2) is 0 Å². The van der Waals surface area contributed by atoms with E-state index in [4.69, 9.17) is 11.5 Å². The van der Waals surface area contributed by atoms with Crippen molar-refractivity contribution in [3.05, 3.63) is 13.1 Å². The number of rotatable bonds is 1. The predicted octanol–water partition coefficient (Wildman–Crippen LogP) is -0.383. The third kappa shape index (κ3) is 3.92. The van der Waals surface area contributed by atoms with Gasteiger partial charge in [0, 0.05) is 0 Å². The average Bonchev–Trinajstić information content (AvgIpc) is 1.38. The zero-order valence-corrected chi connectivity index (χ0v) is 3.07. The number of nitrogens with two attached hydrogens (primary N) is 2. The maximum atomic E-state index is 4.92. The van der Waals surface area contributed by atoms with Crippen molar-refractivity contribution in [3.8, 4) is 0 Å². The van der Waals surface area contributed by atoms with Crippen LogP contribution >= 0.6 is 0 Å². The maximum absolute atomic E-state index is 4.92.